The number of aryl methyl sites for hydroxylation is 1. The van der Waals surface area contributed by atoms with Gasteiger partial charge >= 0.3 is 0 Å². The first-order valence-corrected chi connectivity index (χ1v) is 6.97. The van der Waals surface area contributed by atoms with E-state index >= 15 is 0 Å². The summed E-state index contributed by atoms with van der Waals surface area (Å²) in [5.74, 6) is 0.831. The molecule has 1 N–H and O–H groups in total. The lowest BCUT2D eigenvalue weighted by atomic mass is 10.1. The van der Waals surface area contributed by atoms with Gasteiger partial charge < -0.3 is 5.32 Å². The molecular formula is C16H22N4. The summed E-state index contributed by atoms with van der Waals surface area (Å²) in [7, 11) is 2.10. The van der Waals surface area contributed by atoms with Gasteiger partial charge in [0.25, 0.3) is 0 Å². The molecule has 0 bridgehead atoms. The molecule has 4 nitrogen and oxygen atoms in total. The zero-order valence-electron chi connectivity index (χ0n) is 12.4. The molecule has 0 radical (unpaired) electrons. The minimum absolute atomic E-state index is 0.799. The van der Waals surface area contributed by atoms with E-state index in [0.29, 0.717) is 0 Å². The summed E-state index contributed by atoms with van der Waals surface area (Å²) in [5, 5.41) is 3.15. The van der Waals surface area contributed by atoms with Crippen molar-refractivity contribution < 1.29 is 0 Å². The van der Waals surface area contributed by atoms with E-state index in [2.05, 4.69) is 58.4 Å². The zero-order valence-corrected chi connectivity index (χ0v) is 12.4. The van der Waals surface area contributed by atoms with Crippen molar-refractivity contribution in [2.75, 3.05) is 18.9 Å². The number of rotatable bonds is 6. The van der Waals surface area contributed by atoms with Gasteiger partial charge in [-0.05, 0) is 32.0 Å². The fourth-order valence-corrected chi connectivity index (χ4v) is 2.12. The van der Waals surface area contributed by atoms with Crippen LogP contribution >= 0.6 is 0 Å². The molecule has 0 aliphatic rings. The molecule has 0 atom stereocenters. The Kier molecular flexibility index (Phi) is 5.07. The second-order valence-corrected chi connectivity index (χ2v) is 5.02. The molecule has 0 fully saturated rings. The molecule has 0 saturated heterocycles. The van der Waals surface area contributed by atoms with E-state index in [9.17, 15) is 0 Å². The highest BCUT2D eigenvalue weighted by molar-refractivity contribution is 5.30. The smallest absolute Gasteiger partial charge is 0.144 e. The number of anilines is 1. The quantitative estimate of drug-likeness (QED) is 0.876. The van der Waals surface area contributed by atoms with Gasteiger partial charge in [-0.2, -0.15) is 0 Å². The number of benzene rings is 1. The van der Waals surface area contributed by atoms with Crippen LogP contribution in [0.2, 0.25) is 0 Å². The molecule has 1 heterocycles. The van der Waals surface area contributed by atoms with Crippen molar-refractivity contribution in [2.45, 2.75) is 26.9 Å². The lowest BCUT2D eigenvalue weighted by Gasteiger charge is -2.17. The number of hydrogen-bond donors (Lipinski definition) is 1. The Morgan fingerprint density at radius 1 is 1.10 bits per heavy atom. The topological polar surface area (TPSA) is 41.1 Å². The van der Waals surface area contributed by atoms with Crippen molar-refractivity contribution >= 4 is 5.82 Å². The Balaban J connectivity index is 1.94. The van der Waals surface area contributed by atoms with Gasteiger partial charge in [0.2, 0.25) is 0 Å². The molecule has 2 aromatic rings. The van der Waals surface area contributed by atoms with Crippen LogP contribution in [0.5, 0.6) is 0 Å². The van der Waals surface area contributed by atoms with Crippen molar-refractivity contribution in [3.63, 3.8) is 0 Å². The number of aromatic nitrogens is 2. The maximum Gasteiger partial charge on any atom is 0.144 e. The fourth-order valence-electron chi connectivity index (χ4n) is 2.12. The number of nitrogens with zero attached hydrogens (tertiary/aromatic N) is 3. The van der Waals surface area contributed by atoms with Crippen molar-refractivity contribution in [2.24, 2.45) is 0 Å². The van der Waals surface area contributed by atoms with E-state index < -0.39 is 0 Å². The molecule has 4 heteroatoms. The summed E-state index contributed by atoms with van der Waals surface area (Å²) in [6.07, 6.45) is 3.63. The van der Waals surface area contributed by atoms with Crippen LogP contribution in [-0.2, 0) is 13.1 Å². The van der Waals surface area contributed by atoms with Gasteiger partial charge in [-0.3, -0.25) is 9.88 Å². The van der Waals surface area contributed by atoms with Crippen LogP contribution in [0.4, 0.5) is 5.82 Å². The molecule has 0 aliphatic carbocycles. The SMILES string of the molecule is CCNc1cnc(CN(C)Cc2ccccc2C)cn1. The largest absolute Gasteiger partial charge is 0.369 e. The lowest BCUT2D eigenvalue weighted by Crippen LogP contribution is -2.18. The predicted molar refractivity (Wildman–Crippen MR) is 82.5 cm³/mol. The Morgan fingerprint density at radius 2 is 1.90 bits per heavy atom. The third kappa shape index (κ3) is 4.03. The molecule has 20 heavy (non-hydrogen) atoms. The average molecular weight is 270 g/mol. The Labute approximate surface area is 120 Å². The minimum Gasteiger partial charge on any atom is -0.369 e. The third-order valence-electron chi connectivity index (χ3n) is 3.20. The van der Waals surface area contributed by atoms with Crippen molar-refractivity contribution in [3.8, 4) is 0 Å². The van der Waals surface area contributed by atoms with E-state index in [1.165, 1.54) is 11.1 Å². The number of nitrogens with one attached hydrogen (secondary N) is 1. The molecular weight excluding hydrogens is 248 g/mol. The highest BCUT2D eigenvalue weighted by Crippen LogP contribution is 2.11. The molecule has 2 rings (SSSR count). The van der Waals surface area contributed by atoms with Gasteiger partial charge in [0, 0.05) is 19.6 Å². The van der Waals surface area contributed by atoms with Gasteiger partial charge in [-0.1, -0.05) is 24.3 Å². The van der Waals surface area contributed by atoms with E-state index in [1.807, 2.05) is 13.1 Å². The van der Waals surface area contributed by atoms with Gasteiger partial charge in [-0.25, -0.2) is 4.98 Å². The minimum atomic E-state index is 0.799. The summed E-state index contributed by atoms with van der Waals surface area (Å²) in [6, 6.07) is 8.48. The van der Waals surface area contributed by atoms with E-state index in [-0.39, 0.29) is 0 Å². The highest BCUT2D eigenvalue weighted by Gasteiger charge is 2.05. The van der Waals surface area contributed by atoms with Gasteiger partial charge in [0.15, 0.2) is 0 Å². The normalized spacial score (nSPS) is 10.8. The lowest BCUT2D eigenvalue weighted by molar-refractivity contribution is 0.314. The van der Waals surface area contributed by atoms with Crippen LogP contribution in [0.3, 0.4) is 0 Å². The molecule has 0 amide bonds. The van der Waals surface area contributed by atoms with Crippen molar-refractivity contribution in [1.29, 1.82) is 0 Å². The fraction of sp³-hybridized carbons (Fsp3) is 0.375. The Bertz CT molecular complexity index is 536. The Morgan fingerprint density at radius 3 is 2.55 bits per heavy atom. The summed E-state index contributed by atoms with van der Waals surface area (Å²) in [4.78, 5) is 11.0. The summed E-state index contributed by atoms with van der Waals surface area (Å²) >= 11 is 0. The second kappa shape index (κ2) is 7.01. The first-order valence-electron chi connectivity index (χ1n) is 6.97. The van der Waals surface area contributed by atoms with Crippen LogP contribution in [0.1, 0.15) is 23.7 Å². The number of hydrogen-bond acceptors (Lipinski definition) is 4. The summed E-state index contributed by atoms with van der Waals surface area (Å²) in [5.41, 5.74) is 3.67. The molecule has 0 unspecified atom stereocenters. The van der Waals surface area contributed by atoms with E-state index in [0.717, 1.165) is 31.1 Å². The molecule has 0 spiro atoms. The highest BCUT2D eigenvalue weighted by atomic mass is 15.1. The van der Waals surface area contributed by atoms with E-state index in [4.69, 9.17) is 0 Å². The van der Waals surface area contributed by atoms with Crippen LogP contribution in [0, 0.1) is 6.92 Å². The second-order valence-electron chi connectivity index (χ2n) is 5.02. The first-order chi connectivity index (χ1) is 9.69. The summed E-state index contributed by atoms with van der Waals surface area (Å²) in [6.45, 7) is 6.78. The van der Waals surface area contributed by atoms with Gasteiger partial charge in [-0.15, -0.1) is 0 Å². The maximum absolute atomic E-state index is 4.43. The summed E-state index contributed by atoms with van der Waals surface area (Å²) < 4.78 is 0. The van der Waals surface area contributed by atoms with Gasteiger partial charge in [0.05, 0.1) is 18.1 Å². The molecule has 1 aromatic heterocycles. The third-order valence-corrected chi connectivity index (χ3v) is 3.20. The molecule has 0 saturated carbocycles. The maximum atomic E-state index is 4.43. The van der Waals surface area contributed by atoms with Crippen LogP contribution in [0.25, 0.3) is 0 Å². The van der Waals surface area contributed by atoms with Crippen LogP contribution in [-0.4, -0.2) is 28.5 Å². The molecule has 0 aliphatic heterocycles. The average Bonchev–Trinajstić information content (AvgIpc) is 2.44. The van der Waals surface area contributed by atoms with Crippen molar-refractivity contribution in [3.05, 3.63) is 53.5 Å². The van der Waals surface area contributed by atoms with Crippen LogP contribution < -0.4 is 5.32 Å². The predicted octanol–water partition coefficient (Wildman–Crippen LogP) is 2.85. The first kappa shape index (κ1) is 14.5. The zero-order chi connectivity index (χ0) is 14.4. The van der Waals surface area contributed by atoms with Crippen molar-refractivity contribution in [1.82, 2.24) is 14.9 Å². The standard InChI is InChI=1S/C16H22N4/c1-4-17-16-10-18-15(9-19-16)12-20(3)11-14-8-6-5-7-13(14)2/h5-10H,4,11-12H2,1-3H3,(H,17,19). The molecule has 1 aromatic carbocycles. The monoisotopic (exact) mass is 270 g/mol. The van der Waals surface area contributed by atoms with E-state index in [1.54, 1.807) is 6.20 Å². The van der Waals surface area contributed by atoms with Crippen LogP contribution in [0.15, 0.2) is 36.7 Å². The van der Waals surface area contributed by atoms with Gasteiger partial charge in [0.1, 0.15) is 5.82 Å². The Hall–Kier alpha value is -1.94. The molecule has 106 valence electrons.